The standard InChI is InChI=1S/C20H20N4OS/c1-13-12-24-18(14(2)23-20(24)26-13)7-8-19(25)21-10-9-15-11-22-17-6-4-3-5-16(15)17/h3-8,11-12,22H,9-10H2,1-2H3,(H,21,25)/b8-7+. The molecule has 3 aromatic heterocycles. The van der Waals surface area contributed by atoms with Gasteiger partial charge in [-0.1, -0.05) is 18.2 Å². The van der Waals surface area contributed by atoms with Gasteiger partial charge in [0, 0.05) is 40.8 Å². The van der Waals surface area contributed by atoms with Crippen molar-refractivity contribution in [3.63, 3.8) is 0 Å². The molecule has 1 aromatic carbocycles. The van der Waals surface area contributed by atoms with E-state index < -0.39 is 0 Å². The van der Waals surface area contributed by atoms with Gasteiger partial charge >= 0.3 is 0 Å². The van der Waals surface area contributed by atoms with Gasteiger partial charge in [-0.3, -0.25) is 9.20 Å². The highest BCUT2D eigenvalue weighted by Gasteiger charge is 2.09. The van der Waals surface area contributed by atoms with Crippen LogP contribution in [0.25, 0.3) is 21.9 Å². The molecule has 0 saturated heterocycles. The van der Waals surface area contributed by atoms with Gasteiger partial charge in [-0.2, -0.15) is 0 Å². The lowest BCUT2D eigenvalue weighted by Gasteiger charge is -2.02. The molecular weight excluding hydrogens is 344 g/mol. The molecule has 132 valence electrons. The molecule has 6 heteroatoms. The molecule has 0 aliphatic heterocycles. The topological polar surface area (TPSA) is 62.2 Å². The molecule has 2 N–H and O–H groups in total. The lowest BCUT2D eigenvalue weighted by molar-refractivity contribution is -0.116. The minimum atomic E-state index is -0.0915. The second kappa shape index (κ2) is 6.80. The van der Waals surface area contributed by atoms with Crippen LogP contribution >= 0.6 is 11.3 Å². The molecule has 4 aromatic rings. The van der Waals surface area contributed by atoms with Crippen LogP contribution in [0.5, 0.6) is 0 Å². The molecule has 0 aliphatic rings. The first kappa shape index (κ1) is 16.6. The number of aromatic nitrogens is 3. The van der Waals surface area contributed by atoms with Crippen LogP contribution in [-0.2, 0) is 11.2 Å². The number of carbonyl (C=O) groups is 1. The maximum absolute atomic E-state index is 12.2. The second-order valence-electron chi connectivity index (χ2n) is 6.31. The van der Waals surface area contributed by atoms with Crippen LogP contribution < -0.4 is 5.32 Å². The lowest BCUT2D eigenvalue weighted by Crippen LogP contribution is -2.23. The highest BCUT2D eigenvalue weighted by atomic mass is 32.1. The Hall–Kier alpha value is -2.86. The number of carbonyl (C=O) groups excluding carboxylic acids is 1. The van der Waals surface area contributed by atoms with Gasteiger partial charge in [-0.05, 0) is 38.0 Å². The molecule has 26 heavy (non-hydrogen) atoms. The van der Waals surface area contributed by atoms with E-state index in [0.717, 1.165) is 28.3 Å². The molecular formula is C20H20N4OS. The molecule has 4 rings (SSSR count). The molecule has 0 bridgehead atoms. The van der Waals surface area contributed by atoms with E-state index >= 15 is 0 Å². The summed E-state index contributed by atoms with van der Waals surface area (Å²) in [6, 6.07) is 8.20. The zero-order valence-corrected chi connectivity index (χ0v) is 15.6. The molecule has 0 radical (unpaired) electrons. The number of aryl methyl sites for hydroxylation is 2. The number of amides is 1. The van der Waals surface area contributed by atoms with Gasteiger partial charge in [0.15, 0.2) is 4.96 Å². The van der Waals surface area contributed by atoms with Crippen molar-refractivity contribution >= 4 is 39.2 Å². The summed E-state index contributed by atoms with van der Waals surface area (Å²) in [5.74, 6) is -0.0915. The minimum Gasteiger partial charge on any atom is -0.361 e. The normalized spacial score (nSPS) is 11.8. The molecule has 1 amide bonds. The fraction of sp³-hybridized carbons (Fsp3) is 0.200. The molecule has 0 unspecified atom stereocenters. The third kappa shape index (κ3) is 3.15. The summed E-state index contributed by atoms with van der Waals surface area (Å²) in [5, 5.41) is 4.16. The highest BCUT2D eigenvalue weighted by Crippen LogP contribution is 2.21. The highest BCUT2D eigenvalue weighted by molar-refractivity contribution is 7.17. The Bertz CT molecular complexity index is 1120. The van der Waals surface area contributed by atoms with E-state index in [0.29, 0.717) is 6.54 Å². The Morgan fingerprint density at radius 3 is 3.08 bits per heavy atom. The summed E-state index contributed by atoms with van der Waals surface area (Å²) in [6.45, 7) is 4.62. The largest absolute Gasteiger partial charge is 0.361 e. The first-order valence-electron chi connectivity index (χ1n) is 8.58. The Kier molecular flexibility index (Phi) is 4.34. The number of para-hydroxylation sites is 1. The summed E-state index contributed by atoms with van der Waals surface area (Å²) >= 11 is 1.65. The van der Waals surface area contributed by atoms with Crippen LogP contribution in [0, 0.1) is 13.8 Å². The number of nitrogens with zero attached hydrogens (tertiary/aromatic N) is 2. The number of H-pyrrole nitrogens is 1. The van der Waals surface area contributed by atoms with Crippen molar-refractivity contribution in [2.24, 2.45) is 0 Å². The maximum atomic E-state index is 12.2. The van der Waals surface area contributed by atoms with Crippen molar-refractivity contribution in [2.75, 3.05) is 6.54 Å². The molecule has 0 atom stereocenters. The fourth-order valence-corrected chi connectivity index (χ4v) is 4.03. The molecule has 5 nitrogen and oxygen atoms in total. The van der Waals surface area contributed by atoms with Crippen molar-refractivity contribution in [1.29, 1.82) is 0 Å². The average molecular weight is 364 g/mol. The van der Waals surface area contributed by atoms with Crippen molar-refractivity contribution < 1.29 is 4.79 Å². The Balaban J connectivity index is 1.39. The number of nitrogens with one attached hydrogen (secondary N) is 2. The summed E-state index contributed by atoms with van der Waals surface area (Å²) < 4.78 is 2.03. The molecule has 0 fully saturated rings. The number of imidazole rings is 1. The van der Waals surface area contributed by atoms with Crippen molar-refractivity contribution in [2.45, 2.75) is 20.3 Å². The fourth-order valence-electron chi connectivity index (χ4n) is 3.15. The van der Waals surface area contributed by atoms with Crippen LogP contribution in [0.2, 0.25) is 0 Å². The number of benzene rings is 1. The Morgan fingerprint density at radius 2 is 2.19 bits per heavy atom. The second-order valence-corrected chi connectivity index (χ2v) is 7.52. The third-order valence-corrected chi connectivity index (χ3v) is 5.32. The first-order valence-corrected chi connectivity index (χ1v) is 9.39. The maximum Gasteiger partial charge on any atom is 0.244 e. The van der Waals surface area contributed by atoms with Crippen molar-refractivity contribution in [1.82, 2.24) is 19.7 Å². The summed E-state index contributed by atoms with van der Waals surface area (Å²) in [6.07, 6.45) is 8.27. The van der Waals surface area contributed by atoms with Gasteiger partial charge in [0.05, 0.1) is 11.4 Å². The van der Waals surface area contributed by atoms with E-state index in [4.69, 9.17) is 0 Å². The predicted molar refractivity (Wildman–Crippen MR) is 107 cm³/mol. The Labute approximate surface area is 155 Å². The summed E-state index contributed by atoms with van der Waals surface area (Å²) in [4.78, 5) is 22.1. The summed E-state index contributed by atoms with van der Waals surface area (Å²) in [5.41, 5.74) is 4.22. The zero-order chi connectivity index (χ0) is 18.1. The van der Waals surface area contributed by atoms with E-state index in [2.05, 4.69) is 40.5 Å². The smallest absolute Gasteiger partial charge is 0.244 e. The van der Waals surface area contributed by atoms with Gasteiger partial charge in [0.25, 0.3) is 0 Å². The van der Waals surface area contributed by atoms with E-state index in [-0.39, 0.29) is 5.91 Å². The quantitative estimate of drug-likeness (QED) is 0.528. The summed E-state index contributed by atoms with van der Waals surface area (Å²) in [7, 11) is 0. The van der Waals surface area contributed by atoms with E-state index in [9.17, 15) is 4.79 Å². The first-order chi connectivity index (χ1) is 12.6. The third-order valence-electron chi connectivity index (χ3n) is 4.42. The van der Waals surface area contributed by atoms with Crippen LogP contribution in [-0.4, -0.2) is 26.8 Å². The minimum absolute atomic E-state index is 0.0915. The van der Waals surface area contributed by atoms with Gasteiger partial charge < -0.3 is 10.3 Å². The van der Waals surface area contributed by atoms with Crippen LogP contribution in [0.1, 0.15) is 21.8 Å². The molecule has 0 saturated carbocycles. The number of thiazole rings is 1. The van der Waals surface area contributed by atoms with Gasteiger partial charge in [0.2, 0.25) is 5.91 Å². The molecule has 0 spiro atoms. The van der Waals surface area contributed by atoms with E-state index in [1.165, 1.54) is 15.8 Å². The van der Waals surface area contributed by atoms with Gasteiger partial charge in [-0.15, -0.1) is 11.3 Å². The van der Waals surface area contributed by atoms with Crippen molar-refractivity contribution in [3.8, 4) is 0 Å². The number of fused-ring (bicyclic) bond motifs is 2. The van der Waals surface area contributed by atoms with Gasteiger partial charge in [-0.25, -0.2) is 4.98 Å². The average Bonchev–Trinajstić information content (AvgIpc) is 3.26. The lowest BCUT2D eigenvalue weighted by atomic mass is 10.1. The predicted octanol–water partition coefficient (Wildman–Crippen LogP) is 3.87. The van der Waals surface area contributed by atoms with E-state index in [1.807, 2.05) is 35.7 Å². The van der Waals surface area contributed by atoms with E-state index in [1.54, 1.807) is 17.4 Å². The van der Waals surface area contributed by atoms with Crippen molar-refractivity contribution in [3.05, 3.63) is 64.6 Å². The number of hydrogen-bond acceptors (Lipinski definition) is 3. The zero-order valence-electron chi connectivity index (χ0n) is 14.7. The number of aromatic amines is 1. The number of hydrogen-bond donors (Lipinski definition) is 2. The molecule has 0 aliphatic carbocycles. The van der Waals surface area contributed by atoms with Crippen LogP contribution in [0.4, 0.5) is 0 Å². The monoisotopic (exact) mass is 364 g/mol. The number of rotatable bonds is 5. The molecule has 3 heterocycles. The van der Waals surface area contributed by atoms with Crippen LogP contribution in [0.15, 0.2) is 42.7 Å². The van der Waals surface area contributed by atoms with Gasteiger partial charge in [0.1, 0.15) is 0 Å². The Morgan fingerprint density at radius 1 is 1.35 bits per heavy atom. The SMILES string of the molecule is Cc1cn2c(/C=C/C(=O)NCCc3c[nH]c4ccccc34)c(C)nc2s1. The van der Waals surface area contributed by atoms with Crippen LogP contribution in [0.3, 0.4) is 0 Å².